The maximum Gasteiger partial charge on any atom is 0.137 e. The van der Waals surface area contributed by atoms with Gasteiger partial charge >= 0.3 is 0 Å². The van der Waals surface area contributed by atoms with Crippen LogP contribution < -0.4 is 10.1 Å². The molecule has 1 heterocycles. The Bertz CT molecular complexity index is 263. The third kappa shape index (κ3) is 3.75. The van der Waals surface area contributed by atoms with Crippen LogP contribution in [0.1, 0.15) is 25.8 Å². The van der Waals surface area contributed by atoms with Crippen molar-refractivity contribution in [3.63, 3.8) is 0 Å². The van der Waals surface area contributed by atoms with Gasteiger partial charge in [0.25, 0.3) is 0 Å². The van der Waals surface area contributed by atoms with Crippen LogP contribution in [0, 0.1) is 0 Å². The van der Waals surface area contributed by atoms with Crippen molar-refractivity contribution in [2.75, 3.05) is 13.2 Å². The van der Waals surface area contributed by atoms with E-state index in [0.717, 1.165) is 25.3 Å². The van der Waals surface area contributed by atoms with Crippen LogP contribution >= 0.6 is 0 Å². The molecule has 14 heavy (non-hydrogen) atoms. The molecule has 0 radical (unpaired) electrons. The van der Waals surface area contributed by atoms with Crippen molar-refractivity contribution in [1.29, 1.82) is 0 Å². The van der Waals surface area contributed by atoms with E-state index in [9.17, 15) is 0 Å². The van der Waals surface area contributed by atoms with Gasteiger partial charge in [-0.1, -0.05) is 6.92 Å². The molecule has 0 saturated heterocycles. The summed E-state index contributed by atoms with van der Waals surface area (Å²) in [5.41, 5.74) is 1.17. The average Bonchev–Trinajstić information content (AvgIpc) is 2.19. The zero-order chi connectivity index (χ0) is 10.2. The van der Waals surface area contributed by atoms with Gasteiger partial charge in [-0.05, 0) is 31.5 Å². The van der Waals surface area contributed by atoms with Gasteiger partial charge in [0.15, 0.2) is 0 Å². The van der Waals surface area contributed by atoms with Crippen molar-refractivity contribution in [3.8, 4) is 5.75 Å². The number of hydrogen-bond acceptors (Lipinski definition) is 3. The Kier molecular flexibility index (Phi) is 5.00. The van der Waals surface area contributed by atoms with E-state index in [1.54, 1.807) is 6.20 Å². The molecule has 0 fully saturated rings. The van der Waals surface area contributed by atoms with Crippen LogP contribution in [0.4, 0.5) is 0 Å². The Labute approximate surface area is 85.5 Å². The number of nitrogens with one attached hydrogen (secondary N) is 1. The number of pyridine rings is 1. The van der Waals surface area contributed by atoms with Crippen LogP contribution in [0.2, 0.25) is 0 Å². The van der Waals surface area contributed by atoms with E-state index in [4.69, 9.17) is 4.74 Å². The topological polar surface area (TPSA) is 34.2 Å². The lowest BCUT2D eigenvalue weighted by molar-refractivity contribution is 0.338. The normalized spacial score (nSPS) is 10.1. The molecule has 0 saturated carbocycles. The largest absolute Gasteiger partial charge is 0.492 e. The second-order valence-corrected chi connectivity index (χ2v) is 3.14. The standard InChI is InChI=1S/C11H18N2O/c1-3-5-12-7-10-6-11(14-4-2)9-13-8-10/h6,8-9,12H,3-5,7H2,1-2H3. The molecule has 3 heteroatoms. The molecule has 0 aliphatic rings. The summed E-state index contributed by atoms with van der Waals surface area (Å²) in [5.74, 6) is 0.850. The highest BCUT2D eigenvalue weighted by Crippen LogP contribution is 2.10. The first-order chi connectivity index (χ1) is 6.86. The molecule has 1 N–H and O–H groups in total. The highest BCUT2D eigenvalue weighted by molar-refractivity contribution is 5.23. The molecule has 1 rings (SSSR count). The molecular formula is C11H18N2O. The summed E-state index contributed by atoms with van der Waals surface area (Å²) in [7, 11) is 0. The van der Waals surface area contributed by atoms with Crippen molar-refractivity contribution < 1.29 is 4.74 Å². The van der Waals surface area contributed by atoms with Gasteiger partial charge in [-0.3, -0.25) is 4.98 Å². The summed E-state index contributed by atoms with van der Waals surface area (Å²) in [6.45, 7) is 6.72. The van der Waals surface area contributed by atoms with Gasteiger partial charge in [0.05, 0.1) is 12.8 Å². The quantitative estimate of drug-likeness (QED) is 0.703. The zero-order valence-electron chi connectivity index (χ0n) is 8.92. The molecule has 0 aliphatic carbocycles. The van der Waals surface area contributed by atoms with Gasteiger partial charge in [0.1, 0.15) is 5.75 Å². The maximum absolute atomic E-state index is 5.36. The average molecular weight is 194 g/mol. The molecule has 0 amide bonds. The highest BCUT2D eigenvalue weighted by atomic mass is 16.5. The van der Waals surface area contributed by atoms with Crippen LogP contribution in [-0.4, -0.2) is 18.1 Å². The third-order valence-electron chi connectivity index (χ3n) is 1.84. The van der Waals surface area contributed by atoms with E-state index in [1.165, 1.54) is 5.56 Å². The second kappa shape index (κ2) is 6.38. The first kappa shape index (κ1) is 11.0. The fourth-order valence-electron chi connectivity index (χ4n) is 1.22. The second-order valence-electron chi connectivity index (χ2n) is 3.14. The molecule has 0 aromatic carbocycles. The van der Waals surface area contributed by atoms with E-state index in [2.05, 4.69) is 17.2 Å². The summed E-state index contributed by atoms with van der Waals surface area (Å²) in [5, 5.41) is 3.33. The number of nitrogens with zero attached hydrogens (tertiary/aromatic N) is 1. The van der Waals surface area contributed by atoms with E-state index in [1.807, 2.05) is 19.2 Å². The van der Waals surface area contributed by atoms with Gasteiger partial charge in [-0.15, -0.1) is 0 Å². The minimum absolute atomic E-state index is 0.688. The summed E-state index contributed by atoms with van der Waals surface area (Å²) in [4.78, 5) is 4.12. The highest BCUT2D eigenvalue weighted by Gasteiger charge is 1.96. The Morgan fingerprint density at radius 3 is 2.93 bits per heavy atom. The number of hydrogen-bond donors (Lipinski definition) is 1. The predicted octanol–water partition coefficient (Wildman–Crippen LogP) is 1.98. The van der Waals surface area contributed by atoms with Gasteiger partial charge in [-0.2, -0.15) is 0 Å². The third-order valence-corrected chi connectivity index (χ3v) is 1.84. The maximum atomic E-state index is 5.36. The number of rotatable bonds is 6. The molecule has 0 bridgehead atoms. The molecule has 0 unspecified atom stereocenters. The summed E-state index contributed by atoms with van der Waals surface area (Å²) in [6, 6.07) is 2.03. The van der Waals surface area contributed by atoms with Gasteiger partial charge in [0.2, 0.25) is 0 Å². The van der Waals surface area contributed by atoms with E-state index in [-0.39, 0.29) is 0 Å². The number of ether oxygens (including phenoxy) is 1. The van der Waals surface area contributed by atoms with Crippen molar-refractivity contribution >= 4 is 0 Å². The minimum atomic E-state index is 0.688. The SMILES string of the molecule is CCCNCc1cncc(OCC)c1. The lowest BCUT2D eigenvalue weighted by atomic mass is 10.2. The molecule has 0 spiro atoms. The fraction of sp³-hybridized carbons (Fsp3) is 0.545. The first-order valence-electron chi connectivity index (χ1n) is 5.14. The van der Waals surface area contributed by atoms with Crippen molar-refractivity contribution in [2.24, 2.45) is 0 Å². The molecular weight excluding hydrogens is 176 g/mol. The monoisotopic (exact) mass is 194 g/mol. The van der Waals surface area contributed by atoms with E-state index in [0.29, 0.717) is 6.61 Å². The minimum Gasteiger partial charge on any atom is -0.492 e. The first-order valence-corrected chi connectivity index (χ1v) is 5.14. The van der Waals surface area contributed by atoms with E-state index < -0.39 is 0 Å². The van der Waals surface area contributed by atoms with Gasteiger partial charge in [0, 0.05) is 12.7 Å². The summed E-state index contributed by atoms with van der Waals surface area (Å²) >= 11 is 0. The smallest absolute Gasteiger partial charge is 0.137 e. The van der Waals surface area contributed by atoms with Crippen LogP contribution in [0.25, 0.3) is 0 Å². The van der Waals surface area contributed by atoms with Gasteiger partial charge < -0.3 is 10.1 Å². The predicted molar refractivity (Wildman–Crippen MR) is 57.4 cm³/mol. The van der Waals surface area contributed by atoms with Crippen molar-refractivity contribution in [3.05, 3.63) is 24.0 Å². The number of aromatic nitrogens is 1. The van der Waals surface area contributed by atoms with Gasteiger partial charge in [-0.25, -0.2) is 0 Å². The summed E-state index contributed by atoms with van der Waals surface area (Å²) in [6.07, 6.45) is 4.76. The molecule has 1 aromatic heterocycles. The lowest BCUT2D eigenvalue weighted by Crippen LogP contribution is -2.13. The Morgan fingerprint density at radius 2 is 2.21 bits per heavy atom. The van der Waals surface area contributed by atoms with Crippen LogP contribution in [-0.2, 0) is 6.54 Å². The molecule has 1 aromatic rings. The van der Waals surface area contributed by atoms with Crippen molar-refractivity contribution in [2.45, 2.75) is 26.8 Å². The Morgan fingerprint density at radius 1 is 1.36 bits per heavy atom. The Balaban J connectivity index is 2.46. The van der Waals surface area contributed by atoms with Crippen molar-refractivity contribution in [1.82, 2.24) is 10.3 Å². The lowest BCUT2D eigenvalue weighted by Gasteiger charge is -2.05. The van der Waals surface area contributed by atoms with Crippen LogP contribution in [0.5, 0.6) is 5.75 Å². The van der Waals surface area contributed by atoms with Crippen LogP contribution in [0.3, 0.4) is 0 Å². The molecule has 3 nitrogen and oxygen atoms in total. The molecule has 0 atom stereocenters. The molecule has 0 aliphatic heterocycles. The zero-order valence-corrected chi connectivity index (χ0v) is 8.92. The van der Waals surface area contributed by atoms with Crippen LogP contribution in [0.15, 0.2) is 18.5 Å². The summed E-state index contributed by atoms with van der Waals surface area (Å²) < 4.78 is 5.36. The fourth-order valence-corrected chi connectivity index (χ4v) is 1.22. The van der Waals surface area contributed by atoms with E-state index >= 15 is 0 Å². The Hall–Kier alpha value is -1.09. The molecule has 78 valence electrons.